The molecule has 1 aliphatic carbocycles. The lowest BCUT2D eigenvalue weighted by Crippen LogP contribution is -2.49. The summed E-state index contributed by atoms with van der Waals surface area (Å²) in [5, 5.41) is 22.6. The summed E-state index contributed by atoms with van der Waals surface area (Å²) in [6.45, 7) is 3.86. The van der Waals surface area contributed by atoms with E-state index in [1.165, 1.54) is 0 Å². The maximum Gasteiger partial charge on any atom is 0.225 e. The van der Waals surface area contributed by atoms with Gasteiger partial charge in [-0.3, -0.25) is 4.79 Å². The zero-order chi connectivity index (χ0) is 27.1. The summed E-state index contributed by atoms with van der Waals surface area (Å²) < 4.78 is 11.6. The van der Waals surface area contributed by atoms with E-state index in [9.17, 15) is 15.0 Å². The number of piperidine rings is 1. The number of likely N-dealkylation sites (tertiary alicyclic amines) is 1. The number of aryl methyl sites for hydroxylation is 1. The van der Waals surface area contributed by atoms with Crippen LogP contribution in [0.4, 0.5) is 0 Å². The van der Waals surface area contributed by atoms with Gasteiger partial charge in [0.15, 0.2) is 0 Å². The lowest BCUT2D eigenvalue weighted by molar-refractivity contribution is -0.141. The smallest absolute Gasteiger partial charge is 0.225 e. The summed E-state index contributed by atoms with van der Waals surface area (Å²) in [5.41, 5.74) is 6.64. The number of carbonyl (C=O) groups is 1. The lowest BCUT2D eigenvalue weighted by Gasteiger charge is -2.44. The first-order chi connectivity index (χ1) is 18.3. The quantitative estimate of drug-likeness (QED) is 0.374. The number of aliphatic hydroxyl groups is 2. The van der Waals surface area contributed by atoms with Crippen LogP contribution in [0.25, 0.3) is 0 Å². The molecule has 0 unspecified atom stereocenters. The van der Waals surface area contributed by atoms with Gasteiger partial charge in [-0.2, -0.15) is 0 Å². The molecule has 208 valence electrons. The van der Waals surface area contributed by atoms with Gasteiger partial charge in [-0.05, 0) is 63.1 Å². The molecule has 7 nitrogen and oxygen atoms in total. The molecule has 0 spiro atoms. The van der Waals surface area contributed by atoms with Crippen LogP contribution in [0.3, 0.4) is 0 Å². The fourth-order valence-electron chi connectivity index (χ4n) is 6.15. The van der Waals surface area contributed by atoms with Gasteiger partial charge in [0.05, 0.1) is 11.7 Å². The zero-order valence-electron chi connectivity index (χ0n) is 22.9. The standard InChI is InChI=1S/C31H44N2O5/c1-22-11-4-6-14-28(22)38-29-15-7-5-13-25(29)31(36,16-8-3-9-18-37-2)24-12-10-17-33(21-24)30(35)23-19-26(32)27(34)20-23/h4-7,11,13-15,23-24,26-27,34,36H,3,8-10,12,16-21,32H2,1-2H3/t23-,24+,26+,27-,31-/m0/s1. The predicted molar refractivity (Wildman–Crippen MR) is 148 cm³/mol. The number of amides is 1. The molecule has 0 aromatic heterocycles. The van der Waals surface area contributed by atoms with Gasteiger partial charge in [0.1, 0.15) is 11.5 Å². The Morgan fingerprint density at radius 3 is 2.53 bits per heavy atom. The number of hydrogen-bond acceptors (Lipinski definition) is 6. The molecule has 5 atom stereocenters. The average molecular weight is 525 g/mol. The van der Waals surface area contributed by atoms with Crippen molar-refractivity contribution in [2.45, 2.75) is 76.0 Å². The molecule has 1 heterocycles. The largest absolute Gasteiger partial charge is 0.457 e. The van der Waals surface area contributed by atoms with Gasteiger partial charge in [-0.25, -0.2) is 0 Å². The molecule has 0 bridgehead atoms. The second-order valence-corrected chi connectivity index (χ2v) is 11.1. The first kappa shape index (κ1) is 28.6. The van der Waals surface area contributed by atoms with Gasteiger partial charge in [-0.1, -0.05) is 49.2 Å². The highest BCUT2D eigenvalue weighted by molar-refractivity contribution is 5.79. The van der Waals surface area contributed by atoms with Gasteiger partial charge in [0.2, 0.25) is 5.91 Å². The number of para-hydroxylation sites is 2. The minimum absolute atomic E-state index is 0.0496. The van der Waals surface area contributed by atoms with Crippen LogP contribution in [0.5, 0.6) is 11.5 Å². The van der Waals surface area contributed by atoms with Crippen LogP contribution >= 0.6 is 0 Å². The van der Waals surface area contributed by atoms with Crippen molar-refractivity contribution in [2.75, 3.05) is 26.8 Å². The number of ether oxygens (including phenoxy) is 2. The molecule has 2 aliphatic rings. The Kier molecular flexibility index (Phi) is 9.82. The highest BCUT2D eigenvalue weighted by atomic mass is 16.5. The van der Waals surface area contributed by atoms with Crippen LogP contribution in [0, 0.1) is 18.8 Å². The number of benzene rings is 2. The molecule has 4 rings (SSSR count). The minimum atomic E-state index is -1.16. The third kappa shape index (κ3) is 6.57. The number of rotatable bonds is 11. The van der Waals surface area contributed by atoms with E-state index in [-0.39, 0.29) is 23.8 Å². The van der Waals surface area contributed by atoms with Gasteiger partial charge in [-0.15, -0.1) is 0 Å². The van der Waals surface area contributed by atoms with Gasteiger partial charge >= 0.3 is 0 Å². The maximum absolute atomic E-state index is 13.4. The Morgan fingerprint density at radius 1 is 1.08 bits per heavy atom. The zero-order valence-corrected chi connectivity index (χ0v) is 22.9. The SMILES string of the molecule is COCCCCC[C@@](O)(c1ccccc1Oc1ccccc1C)[C@@H]1CCCN(C(=O)[C@H]2C[C@@H](N)[C@@H](O)C2)C1. The Morgan fingerprint density at radius 2 is 1.82 bits per heavy atom. The van der Waals surface area contributed by atoms with Crippen molar-refractivity contribution in [1.29, 1.82) is 0 Å². The van der Waals surface area contributed by atoms with Gasteiger partial charge in [0, 0.05) is 50.2 Å². The fraction of sp³-hybridized carbons (Fsp3) is 0.581. The summed E-state index contributed by atoms with van der Waals surface area (Å²) in [7, 11) is 1.71. The lowest BCUT2D eigenvalue weighted by atomic mass is 9.73. The molecule has 2 fully saturated rings. The number of aliphatic hydroxyl groups excluding tert-OH is 1. The second kappa shape index (κ2) is 13.1. The third-order valence-electron chi connectivity index (χ3n) is 8.41. The van der Waals surface area contributed by atoms with E-state index in [2.05, 4.69) is 0 Å². The molecule has 7 heteroatoms. The van der Waals surface area contributed by atoms with Crippen molar-refractivity contribution >= 4 is 5.91 Å². The number of methoxy groups -OCH3 is 1. The van der Waals surface area contributed by atoms with Crippen LogP contribution < -0.4 is 10.5 Å². The highest BCUT2D eigenvalue weighted by Gasteiger charge is 2.44. The van der Waals surface area contributed by atoms with E-state index in [0.717, 1.165) is 49.0 Å². The van der Waals surface area contributed by atoms with E-state index >= 15 is 0 Å². The maximum atomic E-state index is 13.4. The number of nitrogens with two attached hydrogens (primary N) is 1. The molecule has 1 amide bonds. The summed E-state index contributed by atoms with van der Waals surface area (Å²) in [6, 6.07) is 15.3. The summed E-state index contributed by atoms with van der Waals surface area (Å²) in [4.78, 5) is 15.3. The van der Waals surface area contributed by atoms with Crippen LogP contribution in [0.15, 0.2) is 48.5 Å². The Balaban J connectivity index is 1.60. The molecule has 2 aromatic rings. The van der Waals surface area contributed by atoms with Gasteiger partial charge in [0.25, 0.3) is 0 Å². The number of hydrogen-bond donors (Lipinski definition) is 3. The number of carbonyl (C=O) groups excluding carboxylic acids is 1. The average Bonchev–Trinajstić information content (AvgIpc) is 3.27. The van der Waals surface area contributed by atoms with Crippen molar-refractivity contribution < 1.29 is 24.5 Å². The predicted octanol–water partition coefficient (Wildman–Crippen LogP) is 4.52. The monoisotopic (exact) mass is 524 g/mol. The summed E-state index contributed by atoms with van der Waals surface area (Å²) >= 11 is 0. The van der Waals surface area contributed by atoms with Crippen LogP contribution in [-0.2, 0) is 15.1 Å². The number of nitrogens with zero attached hydrogens (tertiary/aromatic N) is 1. The van der Waals surface area contributed by atoms with E-state index in [4.69, 9.17) is 15.2 Å². The van der Waals surface area contributed by atoms with Crippen molar-refractivity contribution in [1.82, 2.24) is 4.90 Å². The first-order valence-electron chi connectivity index (χ1n) is 14.1. The van der Waals surface area contributed by atoms with Crippen LogP contribution in [0.1, 0.15) is 62.5 Å². The van der Waals surface area contributed by atoms with Crippen molar-refractivity contribution in [3.63, 3.8) is 0 Å². The second-order valence-electron chi connectivity index (χ2n) is 11.1. The van der Waals surface area contributed by atoms with Gasteiger partial charge < -0.3 is 30.3 Å². The Hall–Kier alpha value is -2.45. The normalized spacial score (nSPS) is 25.2. The Labute approximate surface area is 226 Å². The van der Waals surface area contributed by atoms with Crippen LogP contribution in [-0.4, -0.2) is 60.0 Å². The minimum Gasteiger partial charge on any atom is -0.457 e. The van der Waals surface area contributed by atoms with Crippen molar-refractivity contribution in [3.05, 3.63) is 59.7 Å². The topological polar surface area (TPSA) is 105 Å². The van der Waals surface area contributed by atoms with E-state index < -0.39 is 11.7 Å². The molecular weight excluding hydrogens is 480 g/mol. The molecule has 1 saturated heterocycles. The summed E-state index contributed by atoms with van der Waals surface area (Å²) in [5.74, 6) is 1.07. The molecule has 38 heavy (non-hydrogen) atoms. The molecule has 1 saturated carbocycles. The molecule has 4 N–H and O–H groups in total. The van der Waals surface area contributed by atoms with Crippen molar-refractivity contribution in [3.8, 4) is 11.5 Å². The number of unbranched alkanes of at least 4 members (excludes halogenated alkanes) is 2. The molecular formula is C31H44N2O5. The Bertz CT molecular complexity index is 1050. The van der Waals surface area contributed by atoms with E-state index in [1.54, 1.807) is 7.11 Å². The first-order valence-corrected chi connectivity index (χ1v) is 14.1. The third-order valence-corrected chi connectivity index (χ3v) is 8.41. The molecule has 2 aromatic carbocycles. The summed E-state index contributed by atoms with van der Waals surface area (Å²) in [6.07, 6.45) is 5.25. The van der Waals surface area contributed by atoms with E-state index in [0.29, 0.717) is 44.7 Å². The van der Waals surface area contributed by atoms with E-state index in [1.807, 2.05) is 60.4 Å². The highest BCUT2D eigenvalue weighted by Crippen LogP contribution is 2.45. The molecule has 0 radical (unpaired) electrons. The molecule has 1 aliphatic heterocycles. The van der Waals surface area contributed by atoms with Crippen molar-refractivity contribution in [2.24, 2.45) is 17.6 Å². The fourth-order valence-corrected chi connectivity index (χ4v) is 6.15. The van der Waals surface area contributed by atoms with Crippen LogP contribution in [0.2, 0.25) is 0 Å².